The molecule has 3 aromatic rings. The number of hydrogen-bond donors (Lipinski definition) is 2. The van der Waals surface area contributed by atoms with E-state index in [0.29, 0.717) is 17.1 Å². The van der Waals surface area contributed by atoms with Crippen LogP contribution in [-0.4, -0.2) is 19.1 Å². The summed E-state index contributed by atoms with van der Waals surface area (Å²) >= 11 is 5.83. The van der Waals surface area contributed by atoms with Gasteiger partial charge in [-0.05, 0) is 47.5 Å². The van der Waals surface area contributed by atoms with Crippen molar-refractivity contribution in [3.8, 4) is 0 Å². The van der Waals surface area contributed by atoms with E-state index in [4.69, 9.17) is 11.6 Å². The maximum absolute atomic E-state index is 12.6. The Balaban J connectivity index is 1.51. The standard InChI is InChI=1S/C21H17ClN4O4S/c22-16-7-9-19(10-8-16)31(29,30)25-17-5-1-3-14(11-17)20-13-21(24-23-20)15-4-2-6-18(12-15)26(27)28/h1-12,21,24-25H,13H2. The fourth-order valence-electron chi connectivity index (χ4n) is 3.26. The highest BCUT2D eigenvalue weighted by Gasteiger charge is 2.23. The van der Waals surface area contributed by atoms with E-state index in [-0.39, 0.29) is 16.6 Å². The summed E-state index contributed by atoms with van der Waals surface area (Å²) in [7, 11) is -3.77. The normalized spacial score (nSPS) is 15.8. The Morgan fingerprint density at radius 2 is 1.81 bits per heavy atom. The van der Waals surface area contributed by atoms with Crippen LogP contribution in [-0.2, 0) is 10.0 Å². The third kappa shape index (κ3) is 4.68. The maximum Gasteiger partial charge on any atom is 0.269 e. The Kier molecular flexibility index (Phi) is 5.62. The number of nitro benzene ring substituents is 1. The van der Waals surface area contributed by atoms with Crippen molar-refractivity contribution in [3.05, 3.63) is 99.1 Å². The quantitative estimate of drug-likeness (QED) is 0.419. The lowest BCUT2D eigenvalue weighted by atomic mass is 9.98. The SMILES string of the molecule is O=[N+]([O-])c1cccc(C2CC(c3cccc(NS(=O)(=O)c4ccc(Cl)cc4)c3)=NN2)c1. The van der Waals surface area contributed by atoms with E-state index in [2.05, 4.69) is 15.2 Å². The van der Waals surface area contributed by atoms with Gasteiger partial charge in [-0.1, -0.05) is 35.9 Å². The van der Waals surface area contributed by atoms with Crippen molar-refractivity contribution in [3.63, 3.8) is 0 Å². The minimum absolute atomic E-state index is 0.0198. The first-order valence-electron chi connectivity index (χ1n) is 9.27. The fraction of sp³-hybridized carbons (Fsp3) is 0.0952. The Labute approximate surface area is 183 Å². The number of hydrogen-bond acceptors (Lipinski definition) is 6. The predicted molar refractivity (Wildman–Crippen MR) is 119 cm³/mol. The molecular formula is C21H17ClN4O4S. The summed E-state index contributed by atoms with van der Waals surface area (Å²) in [5, 5.41) is 15.8. The summed E-state index contributed by atoms with van der Waals surface area (Å²) in [6.45, 7) is 0. The van der Waals surface area contributed by atoms with Crippen LogP contribution in [0.15, 0.2) is 82.8 Å². The number of sulfonamides is 1. The van der Waals surface area contributed by atoms with Crippen LogP contribution >= 0.6 is 11.6 Å². The van der Waals surface area contributed by atoms with Gasteiger partial charge in [-0.3, -0.25) is 14.8 Å². The molecule has 0 aliphatic carbocycles. The van der Waals surface area contributed by atoms with Gasteiger partial charge in [0, 0.05) is 29.3 Å². The summed E-state index contributed by atoms with van der Waals surface area (Å²) in [6.07, 6.45) is 0.508. The highest BCUT2D eigenvalue weighted by Crippen LogP contribution is 2.28. The van der Waals surface area contributed by atoms with Gasteiger partial charge in [-0.25, -0.2) is 8.42 Å². The molecule has 4 rings (SSSR count). The first-order chi connectivity index (χ1) is 14.8. The molecule has 0 bridgehead atoms. The molecule has 158 valence electrons. The van der Waals surface area contributed by atoms with Gasteiger partial charge in [0.2, 0.25) is 0 Å². The second-order valence-electron chi connectivity index (χ2n) is 6.94. The van der Waals surface area contributed by atoms with Crippen LogP contribution < -0.4 is 10.1 Å². The molecule has 8 nitrogen and oxygen atoms in total. The van der Waals surface area contributed by atoms with Crippen LogP contribution in [0.4, 0.5) is 11.4 Å². The van der Waals surface area contributed by atoms with Crippen molar-refractivity contribution in [2.75, 3.05) is 4.72 Å². The predicted octanol–water partition coefficient (Wildman–Crippen LogP) is 4.49. The van der Waals surface area contributed by atoms with Crippen LogP contribution in [0.1, 0.15) is 23.6 Å². The molecule has 0 saturated heterocycles. The topological polar surface area (TPSA) is 114 Å². The number of halogens is 1. The largest absolute Gasteiger partial charge is 0.302 e. The van der Waals surface area contributed by atoms with Gasteiger partial charge in [0.05, 0.1) is 21.6 Å². The number of non-ortho nitro benzene ring substituents is 1. The number of nitrogens with one attached hydrogen (secondary N) is 2. The van der Waals surface area contributed by atoms with E-state index >= 15 is 0 Å². The summed E-state index contributed by atoms with van der Waals surface area (Å²) in [5.41, 5.74) is 5.65. The lowest BCUT2D eigenvalue weighted by Gasteiger charge is -2.11. The molecule has 0 aromatic heterocycles. The van der Waals surface area contributed by atoms with Gasteiger partial charge in [0.15, 0.2) is 0 Å². The molecule has 1 heterocycles. The maximum atomic E-state index is 12.6. The average molecular weight is 457 g/mol. The van der Waals surface area contributed by atoms with Gasteiger partial charge < -0.3 is 5.43 Å². The molecule has 31 heavy (non-hydrogen) atoms. The monoisotopic (exact) mass is 456 g/mol. The second-order valence-corrected chi connectivity index (χ2v) is 9.06. The second kappa shape index (κ2) is 8.37. The first-order valence-corrected chi connectivity index (χ1v) is 11.1. The first kappa shape index (κ1) is 20.8. The molecule has 3 aromatic carbocycles. The molecule has 1 atom stereocenters. The van der Waals surface area contributed by atoms with E-state index < -0.39 is 14.9 Å². The Morgan fingerprint density at radius 3 is 2.55 bits per heavy atom. The van der Waals surface area contributed by atoms with E-state index in [1.165, 1.54) is 36.4 Å². The van der Waals surface area contributed by atoms with Crippen molar-refractivity contribution < 1.29 is 13.3 Å². The van der Waals surface area contributed by atoms with Crippen molar-refractivity contribution in [2.45, 2.75) is 17.4 Å². The molecule has 10 heteroatoms. The molecule has 0 amide bonds. The lowest BCUT2D eigenvalue weighted by Crippen LogP contribution is -2.13. The van der Waals surface area contributed by atoms with Gasteiger partial charge in [-0.2, -0.15) is 5.10 Å². The molecule has 0 saturated carbocycles. The van der Waals surface area contributed by atoms with Crippen LogP contribution in [0.25, 0.3) is 0 Å². The number of rotatable bonds is 6. The third-order valence-corrected chi connectivity index (χ3v) is 6.46. The zero-order chi connectivity index (χ0) is 22.0. The minimum atomic E-state index is -3.77. The summed E-state index contributed by atoms with van der Waals surface area (Å²) in [4.78, 5) is 10.7. The molecule has 2 N–H and O–H groups in total. The zero-order valence-corrected chi connectivity index (χ0v) is 17.6. The number of benzene rings is 3. The van der Waals surface area contributed by atoms with Crippen molar-refractivity contribution in [2.24, 2.45) is 5.10 Å². The summed E-state index contributed by atoms with van der Waals surface area (Å²) in [6, 6.07) is 19.0. The van der Waals surface area contributed by atoms with Crippen LogP contribution in [0, 0.1) is 10.1 Å². The van der Waals surface area contributed by atoms with Gasteiger partial charge >= 0.3 is 0 Å². The van der Waals surface area contributed by atoms with Gasteiger partial charge in [0.25, 0.3) is 15.7 Å². The van der Waals surface area contributed by atoms with Crippen LogP contribution in [0.2, 0.25) is 5.02 Å². The third-order valence-electron chi connectivity index (χ3n) is 4.81. The number of nitrogens with zero attached hydrogens (tertiary/aromatic N) is 2. The Bertz CT molecular complexity index is 1280. The number of hydrazone groups is 1. The van der Waals surface area contributed by atoms with E-state index in [9.17, 15) is 18.5 Å². The van der Waals surface area contributed by atoms with Crippen molar-refractivity contribution in [1.29, 1.82) is 0 Å². The van der Waals surface area contributed by atoms with Crippen molar-refractivity contribution >= 4 is 38.7 Å². The molecular weight excluding hydrogens is 440 g/mol. The van der Waals surface area contributed by atoms with E-state index in [0.717, 1.165) is 16.8 Å². The van der Waals surface area contributed by atoms with Gasteiger partial charge in [0.1, 0.15) is 0 Å². The highest BCUT2D eigenvalue weighted by atomic mass is 35.5. The van der Waals surface area contributed by atoms with Crippen LogP contribution in [0.3, 0.4) is 0 Å². The number of nitro groups is 1. The number of anilines is 1. The van der Waals surface area contributed by atoms with Gasteiger partial charge in [-0.15, -0.1) is 0 Å². The smallest absolute Gasteiger partial charge is 0.269 e. The fourth-order valence-corrected chi connectivity index (χ4v) is 4.44. The summed E-state index contributed by atoms with van der Waals surface area (Å²) < 4.78 is 27.8. The minimum Gasteiger partial charge on any atom is -0.302 e. The zero-order valence-electron chi connectivity index (χ0n) is 16.0. The molecule has 0 radical (unpaired) electrons. The molecule has 0 fully saturated rings. The van der Waals surface area contributed by atoms with E-state index in [1.807, 2.05) is 6.07 Å². The Morgan fingerprint density at radius 1 is 1.06 bits per heavy atom. The van der Waals surface area contributed by atoms with Crippen molar-refractivity contribution in [1.82, 2.24) is 5.43 Å². The molecule has 1 aliphatic heterocycles. The Hall–Kier alpha value is -3.43. The summed E-state index contributed by atoms with van der Waals surface area (Å²) in [5.74, 6) is 0. The molecule has 1 aliphatic rings. The van der Waals surface area contributed by atoms with Crippen LogP contribution in [0.5, 0.6) is 0 Å². The molecule has 0 spiro atoms. The van der Waals surface area contributed by atoms with E-state index in [1.54, 1.807) is 30.3 Å². The lowest BCUT2D eigenvalue weighted by molar-refractivity contribution is -0.384. The average Bonchev–Trinajstić information content (AvgIpc) is 3.24. The highest BCUT2D eigenvalue weighted by molar-refractivity contribution is 7.92. The molecule has 1 unspecified atom stereocenters.